The van der Waals surface area contributed by atoms with Gasteiger partial charge in [0.25, 0.3) is 0 Å². The van der Waals surface area contributed by atoms with Gasteiger partial charge in [0.15, 0.2) is 0 Å². The zero-order chi connectivity index (χ0) is 22.8. The maximum absolute atomic E-state index is 5.20. The molecule has 170 valence electrons. The Labute approximate surface area is 190 Å². The van der Waals surface area contributed by atoms with E-state index in [4.69, 9.17) is 4.74 Å². The molecular weight excluding hydrogens is 402 g/mol. The highest BCUT2D eigenvalue weighted by Gasteiger charge is 2.07. The van der Waals surface area contributed by atoms with E-state index in [1.807, 2.05) is 24.3 Å². The van der Waals surface area contributed by atoms with E-state index in [1.165, 1.54) is 11.1 Å². The smallest absolute Gasteiger partial charge is 0.229 e. The second-order valence-electron chi connectivity index (χ2n) is 7.39. The summed E-state index contributed by atoms with van der Waals surface area (Å²) in [5.41, 5.74) is 3.60. The molecule has 32 heavy (non-hydrogen) atoms. The summed E-state index contributed by atoms with van der Waals surface area (Å²) in [4.78, 5) is 15.7. The molecule has 0 aliphatic carbocycles. The average molecular weight is 436 g/mol. The molecule has 0 fully saturated rings. The molecule has 1 aromatic heterocycles. The molecular formula is C24H33N7O. The first-order valence-corrected chi connectivity index (χ1v) is 11.0. The largest absolute Gasteiger partial charge is 0.497 e. The predicted molar refractivity (Wildman–Crippen MR) is 130 cm³/mol. The Balaban J connectivity index is 1.59. The lowest BCUT2D eigenvalue weighted by atomic mass is 10.1. The quantitative estimate of drug-likeness (QED) is 0.394. The lowest BCUT2D eigenvalue weighted by Crippen LogP contribution is -2.22. The van der Waals surface area contributed by atoms with Crippen LogP contribution in [0.25, 0.3) is 0 Å². The first kappa shape index (κ1) is 23.3. The van der Waals surface area contributed by atoms with Gasteiger partial charge in [0.05, 0.1) is 7.11 Å². The highest BCUT2D eigenvalue weighted by Crippen LogP contribution is 2.15. The van der Waals surface area contributed by atoms with Crippen LogP contribution in [0.1, 0.15) is 30.5 Å². The molecule has 3 rings (SSSR count). The van der Waals surface area contributed by atoms with Crippen LogP contribution in [0, 0.1) is 0 Å². The van der Waals surface area contributed by atoms with E-state index in [0.717, 1.165) is 30.9 Å². The molecule has 3 aromatic rings. The Morgan fingerprint density at radius 3 is 1.66 bits per heavy atom. The fourth-order valence-electron chi connectivity index (χ4n) is 3.22. The Bertz CT molecular complexity index is 957. The Hall–Kier alpha value is -3.39. The normalized spacial score (nSPS) is 10.8. The number of nitrogens with one attached hydrogen (secondary N) is 3. The molecule has 3 N–H and O–H groups in total. The van der Waals surface area contributed by atoms with Gasteiger partial charge in [-0.15, -0.1) is 0 Å². The third kappa shape index (κ3) is 6.81. The van der Waals surface area contributed by atoms with Crippen LogP contribution in [0.2, 0.25) is 0 Å². The first-order chi connectivity index (χ1) is 15.6. The van der Waals surface area contributed by atoms with E-state index in [1.54, 1.807) is 14.2 Å². The van der Waals surface area contributed by atoms with Gasteiger partial charge < -0.3 is 20.7 Å². The number of hydrogen-bond acceptors (Lipinski definition) is 8. The molecule has 8 nitrogen and oxygen atoms in total. The number of rotatable bonds is 12. The fourth-order valence-corrected chi connectivity index (χ4v) is 3.22. The minimum Gasteiger partial charge on any atom is -0.497 e. The first-order valence-electron chi connectivity index (χ1n) is 11.0. The topological polar surface area (TPSA) is 87.2 Å². The molecule has 0 saturated heterocycles. The summed E-state index contributed by atoms with van der Waals surface area (Å²) in [5, 5.41) is 9.56. The van der Waals surface area contributed by atoms with Crippen LogP contribution in [0.5, 0.6) is 5.75 Å². The Kier molecular flexibility index (Phi) is 8.62. The second-order valence-corrected chi connectivity index (χ2v) is 7.39. The highest BCUT2D eigenvalue weighted by molar-refractivity contribution is 5.43. The third-order valence-corrected chi connectivity index (χ3v) is 5.24. The fraction of sp³-hybridized carbons (Fsp3) is 0.375. The van der Waals surface area contributed by atoms with E-state index in [2.05, 4.69) is 73.9 Å². The Morgan fingerprint density at radius 2 is 1.19 bits per heavy atom. The standard InChI is InChI=1S/C24H33N7O/c1-5-31(6-2)17-20-9-7-18(8-10-20)15-26-23-28-22(25-3)29-24(30-23)27-16-19-11-13-21(32-4)14-12-19/h7-14H,5-6,15-17H2,1-4H3,(H3,25,26,27,28,29,30). The van der Waals surface area contributed by atoms with Crippen molar-refractivity contribution in [3.05, 3.63) is 65.2 Å². The average Bonchev–Trinajstić information content (AvgIpc) is 2.85. The number of aromatic nitrogens is 3. The van der Waals surface area contributed by atoms with Crippen molar-refractivity contribution < 1.29 is 4.74 Å². The number of nitrogens with zero attached hydrogens (tertiary/aromatic N) is 4. The lowest BCUT2D eigenvalue weighted by Gasteiger charge is -2.18. The summed E-state index contributed by atoms with van der Waals surface area (Å²) < 4.78 is 5.20. The maximum Gasteiger partial charge on any atom is 0.229 e. The number of ether oxygens (including phenoxy) is 1. The van der Waals surface area contributed by atoms with Crippen LogP contribution in [-0.4, -0.2) is 47.1 Å². The molecule has 0 saturated carbocycles. The van der Waals surface area contributed by atoms with Crippen molar-refractivity contribution in [2.45, 2.75) is 33.5 Å². The van der Waals surface area contributed by atoms with Gasteiger partial charge in [0, 0.05) is 26.7 Å². The van der Waals surface area contributed by atoms with Gasteiger partial charge in [-0.1, -0.05) is 50.2 Å². The van der Waals surface area contributed by atoms with Crippen molar-refractivity contribution in [3.8, 4) is 5.75 Å². The molecule has 0 radical (unpaired) electrons. The summed E-state index contributed by atoms with van der Waals surface area (Å²) in [7, 11) is 3.45. The van der Waals surface area contributed by atoms with Crippen molar-refractivity contribution in [3.63, 3.8) is 0 Å². The van der Waals surface area contributed by atoms with E-state index < -0.39 is 0 Å². The van der Waals surface area contributed by atoms with Crippen LogP contribution in [0.4, 0.5) is 17.8 Å². The summed E-state index contributed by atoms with van der Waals surface area (Å²) in [6.45, 7) is 8.71. The molecule has 0 amide bonds. The highest BCUT2D eigenvalue weighted by atomic mass is 16.5. The molecule has 0 aliphatic heterocycles. The SMILES string of the molecule is CCN(CC)Cc1ccc(CNc2nc(NC)nc(NCc3ccc(OC)cc3)n2)cc1. The summed E-state index contributed by atoms with van der Waals surface area (Å²) in [6, 6.07) is 16.6. The Morgan fingerprint density at radius 1 is 0.719 bits per heavy atom. The third-order valence-electron chi connectivity index (χ3n) is 5.24. The van der Waals surface area contributed by atoms with E-state index >= 15 is 0 Å². The van der Waals surface area contributed by atoms with Gasteiger partial charge in [-0.05, 0) is 41.9 Å². The molecule has 8 heteroatoms. The van der Waals surface area contributed by atoms with Gasteiger partial charge in [0.2, 0.25) is 17.8 Å². The van der Waals surface area contributed by atoms with Crippen molar-refractivity contribution >= 4 is 17.8 Å². The summed E-state index contributed by atoms with van der Waals surface area (Å²) in [5.74, 6) is 2.37. The van der Waals surface area contributed by atoms with Crippen LogP contribution in [-0.2, 0) is 19.6 Å². The second kappa shape index (κ2) is 11.9. The minimum absolute atomic E-state index is 0.509. The number of hydrogen-bond donors (Lipinski definition) is 3. The maximum atomic E-state index is 5.20. The van der Waals surface area contributed by atoms with Gasteiger partial charge >= 0.3 is 0 Å². The zero-order valence-electron chi connectivity index (χ0n) is 19.4. The monoisotopic (exact) mass is 435 g/mol. The van der Waals surface area contributed by atoms with Crippen molar-refractivity contribution in [2.75, 3.05) is 43.2 Å². The van der Waals surface area contributed by atoms with Crippen molar-refractivity contribution in [2.24, 2.45) is 0 Å². The zero-order valence-corrected chi connectivity index (χ0v) is 19.4. The van der Waals surface area contributed by atoms with Crippen molar-refractivity contribution in [1.29, 1.82) is 0 Å². The lowest BCUT2D eigenvalue weighted by molar-refractivity contribution is 0.296. The van der Waals surface area contributed by atoms with Crippen LogP contribution < -0.4 is 20.7 Å². The molecule has 1 heterocycles. The van der Waals surface area contributed by atoms with Gasteiger partial charge in [-0.25, -0.2) is 0 Å². The van der Waals surface area contributed by atoms with Crippen LogP contribution in [0.15, 0.2) is 48.5 Å². The van der Waals surface area contributed by atoms with Crippen LogP contribution >= 0.6 is 0 Å². The summed E-state index contributed by atoms with van der Waals surface area (Å²) in [6.07, 6.45) is 0. The number of anilines is 3. The molecule has 0 atom stereocenters. The number of benzene rings is 2. The van der Waals surface area contributed by atoms with Crippen LogP contribution in [0.3, 0.4) is 0 Å². The van der Waals surface area contributed by atoms with E-state index in [-0.39, 0.29) is 0 Å². The van der Waals surface area contributed by atoms with E-state index in [9.17, 15) is 0 Å². The molecule has 0 unspecified atom stereocenters. The summed E-state index contributed by atoms with van der Waals surface area (Å²) >= 11 is 0. The van der Waals surface area contributed by atoms with Gasteiger partial charge in [0.1, 0.15) is 5.75 Å². The minimum atomic E-state index is 0.509. The molecule has 2 aromatic carbocycles. The molecule has 0 bridgehead atoms. The van der Waals surface area contributed by atoms with Gasteiger partial charge in [-0.3, -0.25) is 4.90 Å². The van der Waals surface area contributed by atoms with Crippen molar-refractivity contribution in [1.82, 2.24) is 19.9 Å². The number of methoxy groups -OCH3 is 1. The molecule has 0 aliphatic rings. The van der Waals surface area contributed by atoms with E-state index in [0.29, 0.717) is 30.9 Å². The molecule has 0 spiro atoms. The van der Waals surface area contributed by atoms with Gasteiger partial charge in [-0.2, -0.15) is 15.0 Å². The predicted octanol–water partition coefficient (Wildman–Crippen LogP) is 3.99.